The predicted molar refractivity (Wildman–Crippen MR) is 122 cm³/mol. The SMILES string of the molecule is CCOC(=O)[C@@H]1CCC(CC)=N1.CCOC(=O)[C@H](CCC(=O)CC)NC(=O)OC(C)(C)C. The first kappa shape index (κ1) is 29.5. The van der Waals surface area contributed by atoms with Gasteiger partial charge in [-0.2, -0.15) is 0 Å². The van der Waals surface area contributed by atoms with Gasteiger partial charge in [-0.05, 0) is 60.3 Å². The number of hydrogen-bond acceptors (Lipinski definition) is 8. The topological polar surface area (TPSA) is 120 Å². The molecule has 1 rings (SSSR count). The molecule has 0 spiro atoms. The lowest BCUT2D eigenvalue weighted by Gasteiger charge is -2.22. The van der Waals surface area contributed by atoms with Crippen LogP contribution in [-0.2, 0) is 28.6 Å². The first-order valence-electron chi connectivity index (χ1n) is 11.4. The molecule has 184 valence electrons. The molecule has 0 aromatic carbocycles. The molecule has 1 aliphatic heterocycles. The Morgan fingerprint density at radius 2 is 1.69 bits per heavy atom. The zero-order chi connectivity index (χ0) is 24.7. The molecular weight excluding hydrogens is 416 g/mol. The number of aliphatic imine (C=N–C) groups is 1. The zero-order valence-electron chi connectivity index (χ0n) is 20.6. The third-order valence-corrected chi connectivity index (χ3v) is 4.38. The van der Waals surface area contributed by atoms with Crippen molar-refractivity contribution in [1.29, 1.82) is 0 Å². The van der Waals surface area contributed by atoms with Crippen molar-refractivity contribution in [1.82, 2.24) is 5.32 Å². The van der Waals surface area contributed by atoms with Crippen LogP contribution in [-0.4, -0.2) is 60.4 Å². The molecule has 0 unspecified atom stereocenters. The highest BCUT2D eigenvalue weighted by Crippen LogP contribution is 2.16. The van der Waals surface area contributed by atoms with E-state index in [0.717, 1.165) is 25.0 Å². The first-order valence-corrected chi connectivity index (χ1v) is 11.4. The Hall–Kier alpha value is -2.45. The summed E-state index contributed by atoms with van der Waals surface area (Å²) in [5.41, 5.74) is 0.496. The molecule has 0 radical (unpaired) electrons. The number of nitrogens with zero attached hydrogens (tertiary/aromatic N) is 1. The lowest BCUT2D eigenvalue weighted by Crippen LogP contribution is -2.44. The molecule has 2 atom stereocenters. The van der Waals surface area contributed by atoms with Gasteiger partial charge < -0.3 is 19.5 Å². The van der Waals surface area contributed by atoms with E-state index < -0.39 is 23.7 Å². The van der Waals surface area contributed by atoms with Crippen molar-refractivity contribution in [3.63, 3.8) is 0 Å². The summed E-state index contributed by atoms with van der Waals surface area (Å²) in [6.07, 6.45) is 2.89. The lowest BCUT2D eigenvalue weighted by atomic mass is 10.1. The van der Waals surface area contributed by atoms with Crippen molar-refractivity contribution in [3.8, 4) is 0 Å². The third kappa shape index (κ3) is 13.1. The van der Waals surface area contributed by atoms with Gasteiger partial charge in [0.15, 0.2) is 0 Å². The van der Waals surface area contributed by atoms with Crippen molar-refractivity contribution in [2.45, 2.75) is 105 Å². The van der Waals surface area contributed by atoms with Crippen molar-refractivity contribution in [2.75, 3.05) is 13.2 Å². The van der Waals surface area contributed by atoms with Crippen LogP contribution in [0.3, 0.4) is 0 Å². The molecule has 1 N–H and O–H groups in total. The average molecular weight is 457 g/mol. The van der Waals surface area contributed by atoms with E-state index >= 15 is 0 Å². The van der Waals surface area contributed by atoms with Gasteiger partial charge in [0.05, 0.1) is 13.2 Å². The molecule has 1 aliphatic rings. The van der Waals surface area contributed by atoms with E-state index in [1.165, 1.54) is 0 Å². The Morgan fingerprint density at radius 3 is 2.16 bits per heavy atom. The van der Waals surface area contributed by atoms with Crippen LogP contribution in [0.2, 0.25) is 0 Å². The molecule has 0 aromatic rings. The maximum absolute atomic E-state index is 11.7. The van der Waals surface area contributed by atoms with E-state index in [2.05, 4.69) is 17.2 Å². The quantitative estimate of drug-likeness (QED) is 0.392. The molecular formula is C23H40N2O7. The fraction of sp³-hybridized carbons (Fsp3) is 0.783. The number of alkyl carbamates (subject to hydrolysis) is 1. The van der Waals surface area contributed by atoms with E-state index in [-0.39, 0.29) is 37.2 Å². The van der Waals surface area contributed by atoms with Gasteiger partial charge in [0, 0.05) is 18.6 Å². The number of ketones is 1. The number of amides is 1. The van der Waals surface area contributed by atoms with Crippen LogP contribution in [0.15, 0.2) is 4.99 Å². The maximum Gasteiger partial charge on any atom is 0.408 e. The second-order valence-corrected chi connectivity index (χ2v) is 8.24. The molecule has 9 heteroatoms. The van der Waals surface area contributed by atoms with Gasteiger partial charge in [-0.1, -0.05) is 13.8 Å². The molecule has 0 fully saturated rings. The van der Waals surface area contributed by atoms with Crippen LogP contribution < -0.4 is 5.32 Å². The number of rotatable bonds is 10. The van der Waals surface area contributed by atoms with Crippen molar-refractivity contribution >= 4 is 29.5 Å². The van der Waals surface area contributed by atoms with E-state index in [9.17, 15) is 19.2 Å². The molecule has 0 bridgehead atoms. The van der Waals surface area contributed by atoms with Crippen LogP contribution in [0.25, 0.3) is 0 Å². The van der Waals surface area contributed by atoms with Gasteiger partial charge >= 0.3 is 18.0 Å². The third-order valence-electron chi connectivity index (χ3n) is 4.38. The predicted octanol–water partition coefficient (Wildman–Crippen LogP) is 3.77. The Morgan fingerprint density at radius 1 is 1.06 bits per heavy atom. The Kier molecular flexibility index (Phi) is 14.2. The normalized spacial score (nSPS) is 16.1. The highest BCUT2D eigenvalue weighted by atomic mass is 16.6. The van der Waals surface area contributed by atoms with E-state index in [1.807, 2.05) is 6.92 Å². The van der Waals surface area contributed by atoms with E-state index in [0.29, 0.717) is 13.0 Å². The summed E-state index contributed by atoms with van der Waals surface area (Å²) in [7, 11) is 0. The van der Waals surface area contributed by atoms with E-state index in [4.69, 9.17) is 14.2 Å². The van der Waals surface area contributed by atoms with Crippen molar-refractivity contribution in [2.24, 2.45) is 4.99 Å². The van der Waals surface area contributed by atoms with Gasteiger partial charge in [0.1, 0.15) is 23.5 Å². The highest BCUT2D eigenvalue weighted by molar-refractivity contribution is 5.91. The molecule has 0 aliphatic carbocycles. The second-order valence-electron chi connectivity index (χ2n) is 8.24. The minimum Gasteiger partial charge on any atom is -0.464 e. The summed E-state index contributed by atoms with van der Waals surface area (Å²) in [6.45, 7) is 13.2. The molecule has 9 nitrogen and oxygen atoms in total. The summed E-state index contributed by atoms with van der Waals surface area (Å²) in [5.74, 6) is -0.687. The average Bonchev–Trinajstić information content (AvgIpc) is 3.19. The smallest absolute Gasteiger partial charge is 0.408 e. The molecule has 32 heavy (non-hydrogen) atoms. The number of hydrogen-bond donors (Lipinski definition) is 1. The van der Waals surface area contributed by atoms with Crippen LogP contribution >= 0.6 is 0 Å². The summed E-state index contributed by atoms with van der Waals surface area (Å²) < 4.78 is 14.8. The maximum atomic E-state index is 11.7. The van der Waals surface area contributed by atoms with Gasteiger partial charge in [0.25, 0.3) is 0 Å². The molecule has 0 saturated heterocycles. The molecule has 1 amide bonds. The summed E-state index contributed by atoms with van der Waals surface area (Å²) in [4.78, 5) is 50.2. The fourth-order valence-electron chi connectivity index (χ4n) is 2.75. The minimum atomic E-state index is -0.861. The lowest BCUT2D eigenvalue weighted by molar-refractivity contribution is -0.146. The van der Waals surface area contributed by atoms with Gasteiger partial charge in [-0.3, -0.25) is 9.79 Å². The number of esters is 2. The standard InChI is InChI=1S/C14H25NO5.C9H15NO2/c1-6-10(16)8-9-11(12(17)19-7-2)15-13(18)20-14(3,4)5;1-3-7-5-6-8(10-7)9(11)12-4-2/h11H,6-9H2,1-5H3,(H,15,18);8H,3-6H2,1-2H3/t11-;8-/m00/s1. The summed E-state index contributed by atoms with van der Waals surface area (Å²) >= 11 is 0. The van der Waals surface area contributed by atoms with Crippen LogP contribution in [0.1, 0.15) is 87.0 Å². The largest absolute Gasteiger partial charge is 0.464 e. The van der Waals surface area contributed by atoms with Crippen LogP contribution in [0, 0.1) is 0 Å². The number of Topliss-reactive ketones (excluding diaryl/α,β-unsaturated/α-hetero) is 1. The molecule has 0 aromatic heterocycles. The minimum absolute atomic E-state index is 0.0327. The van der Waals surface area contributed by atoms with Crippen molar-refractivity contribution in [3.05, 3.63) is 0 Å². The fourth-order valence-corrected chi connectivity index (χ4v) is 2.75. The first-order chi connectivity index (χ1) is 15.0. The molecule has 1 heterocycles. The van der Waals surface area contributed by atoms with Gasteiger partial charge in [-0.15, -0.1) is 0 Å². The molecule has 0 saturated carbocycles. The van der Waals surface area contributed by atoms with Gasteiger partial charge in [-0.25, -0.2) is 14.4 Å². The Bertz CT molecular complexity index is 653. The van der Waals surface area contributed by atoms with Gasteiger partial charge in [0.2, 0.25) is 0 Å². The van der Waals surface area contributed by atoms with E-state index in [1.54, 1.807) is 34.6 Å². The zero-order valence-corrected chi connectivity index (χ0v) is 20.6. The van der Waals surface area contributed by atoms with Crippen LogP contribution in [0.4, 0.5) is 4.79 Å². The Labute approximate surface area is 191 Å². The Balaban J connectivity index is 0.000000677. The van der Waals surface area contributed by atoms with Crippen LogP contribution in [0.5, 0.6) is 0 Å². The number of nitrogens with one attached hydrogen (secondary N) is 1. The summed E-state index contributed by atoms with van der Waals surface area (Å²) in [6, 6.07) is -1.07. The summed E-state index contributed by atoms with van der Waals surface area (Å²) in [5, 5.41) is 2.45. The number of carbonyl (C=O) groups is 4. The van der Waals surface area contributed by atoms with Crippen molar-refractivity contribution < 1.29 is 33.4 Å². The monoisotopic (exact) mass is 456 g/mol. The second kappa shape index (κ2) is 15.4. The number of ether oxygens (including phenoxy) is 3. The highest BCUT2D eigenvalue weighted by Gasteiger charge is 2.26. The number of carbonyl (C=O) groups excluding carboxylic acids is 4.